The van der Waals surface area contributed by atoms with Crippen LogP contribution in [0, 0.1) is 0 Å². The molecule has 2 aliphatic rings. The number of hydrogen-bond acceptors (Lipinski definition) is 6. The van der Waals surface area contributed by atoms with Crippen molar-refractivity contribution in [3.05, 3.63) is 34.7 Å². The van der Waals surface area contributed by atoms with Gasteiger partial charge in [-0.3, -0.25) is 14.9 Å². The largest absolute Gasteiger partial charge is 0.490 e. The van der Waals surface area contributed by atoms with Crippen LogP contribution in [-0.4, -0.2) is 46.9 Å². The minimum Gasteiger partial charge on any atom is -0.490 e. The lowest BCUT2D eigenvalue weighted by atomic mass is 10.1. The van der Waals surface area contributed by atoms with E-state index in [0.29, 0.717) is 18.0 Å². The summed E-state index contributed by atoms with van der Waals surface area (Å²) >= 11 is 0.895. The molecule has 0 bridgehead atoms. The average molecular weight is 404 g/mol. The molecule has 0 atom stereocenters. The lowest BCUT2D eigenvalue weighted by molar-refractivity contribution is -0.115. The number of piperidine rings is 1. The van der Waals surface area contributed by atoms with Gasteiger partial charge < -0.3 is 14.4 Å². The van der Waals surface area contributed by atoms with E-state index < -0.39 is 5.60 Å². The van der Waals surface area contributed by atoms with Crippen LogP contribution < -0.4 is 10.1 Å². The summed E-state index contributed by atoms with van der Waals surface area (Å²) in [5.41, 5.74) is 0.325. The van der Waals surface area contributed by atoms with Gasteiger partial charge in [-0.2, -0.15) is 0 Å². The first-order valence-corrected chi connectivity index (χ1v) is 10.0. The van der Waals surface area contributed by atoms with Gasteiger partial charge in [0.25, 0.3) is 11.1 Å². The smallest absolute Gasteiger partial charge is 0.410 e. The molecule has 0 unspecified atom stereocenters. The second-order valence-corrected chi connectivity index (χ2v) is 8.72. The molecular weight excluding hydrogens is 380 g/mol. The van der Waals surface area contributed by atoms with Gasteiger partial charge in [0.05, 0.1) is 4.91 Å². The number of carbonyl (C=O) groups excluding carboxylic acids is 3. The topological polar surface area (TPSA) is 84.9 Å². The first kappa shape index (κ1) is 20.3. The number of likely N-dealkylation sites (tertiary alicyclic amines) is 1. The van der Waals surface area contributed by atoms with E-state index in [0.717, 1.165) is 35.9 Å². The molecular formula is C20H24N2O5S. The minimum atomic E-state index is -0.494. The number of hydrogen-bond donors (Lipinski definition) is 1. The maximum Gasteiger partial charge on any atom is 0.410 e. The molecule has 2 saturated heterocycles. The summed E-state index contributed by atoms with van der Waals surface area (Å²) in [6, 6.07) is 7.36. The normalized spacial score (nSPS) is 19.7. The Labute approximate surface area is 168 Å². The van der Waals surface area contributed by atoms with Crippen LogP contribution in [0.15, 0.2) is 29.2 Å². The molecule has 0 spiro atoms. The van der Waals surface area contributed by atoms with Gasteiger partial charge in [-0.1, -0.05) is 12.1 Å². The van der Waals surface area contributed by atoms with E-state index in [1.807, 2.05) is 45.0 Å². The molecule has 7 nitrogen and oxygen atoms in total. The molecule has 150 valence electrons. The lowest BCUT2D eigenvalue weighted by Crippen LogP contribution is -2.44. The highest BCUT2D eigenvalue weighted by atomic mass is 32.2. The Bertz CT molecular complexity index is 790. The van der Waals surface area contributed by atoms with E-state index in [9.17, 15) is 14.4 Å². The van der Waals surface area contributed by atoms with Crippen LogP contribution >= 0.6 is 11.8 Å². The van der Waals surface area contributed by atoms with Crippen molar-refractivity contribution < 1.29 is 23.9 Å². The van der Waals surface area contributed by atoms with Crippen LogP contribution in [0.5, 0.6) is 5.75 Å². The fraction of sp³-hybridized carbons (Fsp3) is 0.450. The van der Waals surface area contributed by atoms with Gasteiger partial charge in [0.1, 0.15) is 17.5 Å². The monoisotopic (exact) mass is 404 g/mol. The van der Waals surface area contributed by atoms with Crippen molar-refractivity contribution in [3.8, 4) is 5.75 Å². The number of nitrogens with one attached hydrogen (secondary N) is 1. The quantitative estimate of drug-likeness (QED) is 0.772. The summed E-state index contributed by atoms with van der Waals surface area (Å²) in [6.07, 6.45) is 2.91. The zero-order chi connectivity index (χ0) is 20.3. The fourth-order valence-corrected chi connectivity index (χ4v) is 3.57. The zero-order valence-corrected chi connectivity index (χ0v) is 17.0. The highest BCUT2D eigenvalue weighted by molar-refractivity contribution is 8.18. The number of imide groups is 1. The summed E-state index contributed by atoms with van der Waals surface area (Å²) in [4.78, 5) is 37.0. The maximum atomic E-state index is 12.1. The predicted molar refractivity (Wildman–Crippen MR) is 107 cm³/mol. The lowest BCUT2D eigenvalue weighted by Gasteiger charge is -2.33. The highest BCUT2D eigenvalue weighted by Crippen LogP contribution is 2.27. The number of carbonyl (C=O) groups is 3. The summed E-state index contributed by atoms with van der Waals surface area (Å²) in [5, 5.41) is 1.88. The minimum absolute atomic E-state index is 0.0386. The Morgan fingerprint density at radius 2 is 1.82 bits per heavy atom. The van der Waals surface area contributed by atoms with Gasteiger partial charge in [-0.15, -0.1) is 0 Å². The van der Waals surface area contributed by atoms with Crippen LogP contribution in [0.4, 0.5) is 9.59 Å². The summed E-state index contributed by atoms with van der Waals surface area (Å²) in [5.74, 6) is 0.365. The molecule has 8 heteroatoms. The molecule has 0 aliphatic carbocycles. The first-order chi connectivity index (χ1) is 13.2. The molecule has 1 aromatic rings. The number of rotatable bonds is 3. The molecule has 1 aromatic carbocycles. The fourth-order valence-electron chi connectivity index (χ4n) is 2.89. The van der Waals surface area contributed by atoms with E-state index in [1.54, 1.807) is 11.0 Å². The SMILES string of the molecule is CC(C)(C)OC(=O)N1CCC(Oc2ccc(/C=C3\SC(=O)NC3=O)cc2)CC1. The van der Waals surface area contributed by atoms with E-state index in [2.05, 4.69) is 5.32 Å². The Balaban J connectivity index is 1.50. The molecule has 1 N–H and O–H groups in total. The Hall–Kier alpha value is -2.48. The Kier molecular flexibility index (Phi) is 5.98. The van der Waals surface area contributed by atoms with Crippen molar-refractivity contribution in [1.82, 2.24) is 10.2 Å². The maximum absolute atomic E-state index is 12.1. The van der Waals surface area contributed by atoms with Crippen molar-refractivity contribution in [2.24, 2.45) is 0 Å². The van der Waals surface area contributed by atoms with Gasteiger partial charge in [-0.05, 0) is 56.3 Å². The van der Waals surface area contributed by atoms with E-state index >= 15 is 0 Å². The van der Waals surface area contributed by atoms with Crippen molar-refractivity contribution in [1.29, 1.82) is 0 Å². The van der Waals surface area contributed by atoms with Gasteiger partial charge in [0, 0.05) is 25.9 Å². The van der Waals surface area contributed by atoms with Crippen molar-refractivity contribution in [3.63, 3.8) is 0 Å². The third-order valence-corrected chi connectivity index (χ3v) is 5.03. The van der Waals surface area contributed by atoms with E-state index in [1.165, 1.54) is 0 Å². The number of amides is 3. The molecule has 2 fully saturated rings. The van der Waals surface area contributed by atoms with Crippen LogP contribution in [0.2, 0.25) is 0 Å². The van der Waals surface area contributed by atoms with Crippen LogP contribution in [-0.2, 0) is 9.53 Å². The number of nitrogens with zero attached hydrogens (tertiary/aromatic N) is 1. The van der Waals surface area contributed by atoms with Crippen molar-refractivity contribution >= 4 is 35.1 Å². The van der Waals surface area contributed by atoms with Crippen molar-refractivity contribution in [2.45, 2.75) is 45.3 Å². The second-order valence-electron chi connectivity index (χ2n) is 7.71. The Morgan fingerprint density at radius 3 is 2.36 bits per heavy atom. The molecule has 0 saturated carbocycles. The molecule has 28 heavy (non-hydrogen) atoms. The summed E-state index contributed by atoms with van der Waals surface area (Å²) < 4.78 is 11.4. The van der Waals surface area contributed by atoms with Gasteiger partial charge in [0.2, 0.25) is 0 Å². The van der Waals surface area contributed by atoms with Crippen molar-refractivity contribution in [2.75, 3.05) is 13.1 Å². The molecule has 0 radical (unpaired) electrons. The third kappa shape index (κ3) is 5.51. The van der Waals surface area contributed by atoms with Gasteiger partial charge in [-0.25, -0.2) is 4.79 Å². The van der Waals surface area contributed by atoms with Crippen LogP contribution in [0.1, 0.15) is 39.2 Å². The zero-order valence-electron chi connectivity index (χ0n) is 16.2. The van der Waals surface area contributed by atoms with Crippen LogP contribution in [0.3, 0.4) is 0 Å². The number of ether oxygens (including phenoxy) is 2. The number of benzene rings is 1. The standard InChI is InChI=1S/C20H24N2O5S/c1-20(2,3)27-19(25)22-10-8-15(9-11-22)26-14-6-4-13(5-7-14)12-16-17(23)21-18(24)28-16/h4-7,12,15H,8-11H2,1-3H3,(H,21,23,24)/b16-12-. The van der Waals surface area contributed by atoms with Gasteiger partial charge >= 0.3 is 6.09 Å². The number of thioether (sulfide) groups is 1. The second kappa shape index (κ2) is 8.26. The molecule has 2 aliphatic heterocycles. The predicted octanol–water partition coefficient (Wildman–Crippen LogP) is 3.79. The molecule has 3 amide bonds. The molecule has 3 rings (SSSR count). The highest BCUT2D eigenvalue weighted by Gasteiger charge is 2.28. The molecule has 0 aromatic heterocycles. The average Bonchev–Trinajstić information content (AvgIpc) is 2.93. The first-order valence-electron chi connectivity index (χ1n) is 9.19. The molecule has 2 heterocycles. The Morgan fingerprint density at radius 1 is 1.18 bits per heavy atom. The summed E-state index contributed by atoms with van der Waals surface area (Å²) in [7, 11) is 0. The summed E-state index contributed by atoms with van der Waals surface area (Å²) in [6.45, 7) is 6.77. The van der Waals surface area contributed by atoms with E-state index in [-0.39, 0.29) is 23.3 Å². The third-order valence-electron chi connectivity index (χ3n) is 4.22. The van der Waals surface area contributed by atoms with Gasteiger partial charge in [0.15, 0.2) is 0 Å². The van der Waals surface area contributed by atoms with Crippen LogP contribution in [0.25, 0.3) is 6.08 Å². The van der Waals surface area contributed by atoms with E-state index in [4.69, 9.17) is 9.47 Å².